The van der Waals surface area contributed by atoms with E-state index in [4.69, 9.17) is 4.42 Å². The van der Waals surface area contributed by atoms with Gasteiger partial charge in [0.25, 0.3) is 5.22 Å². The maximum atomic E-state index is 5.19. The molecule has 0 radical (unpaired) electrons. The summed E-state index contributed by atoms with van der Waals surface area (Å²) in [4.78, 5) is 5.22. The lowest BCUT2D eigenvalue weighted by Gasteiger charge is -2.08. The lowest BCUT2D eigenvalue weighted by Crippen LogP contribution is -2.21. The number of oxazole rings is 1. The molecule has 0 aliphatic rings. The highest BCUT2D eigenvalue weighted by Gasteiger charge is 2.01. The fourth-order valence-corrected chi connectivity index (χ4v) is 2.05. The fourth-order valence-electron chi connectivity index (χ4n) is 1.36. The lowest BCUT2D eigenvalue weighted by atomic mass is 10.2. The number of hydrogen-bond donors (Lipinski definition) is 1. The predicted octanol–water partition coefficient (Wildman–Crippen LogP) is 3.32. The SMILES string of the molecule is CC(C)NCc1ccc(Sc2ncco2)cc1. The minimum absolute atomic E-state index is 0.511. The first kappa shape index (κ1) is 12.2. The summed E-state index contributed by atoms with van der Waals surface area (Å²) in [6, 6.07) is 8.94. The number of hydrogen-bond acceptors (Lipinski definition) is 4. The van der Waals surface area contributed by atoms with E-state index in [1.807, 2.05) is 0 Å². The van der Waals surface area contributed by atoms with Gasteiger partial charge in [-0.2, -0.15) is 0 Å². The summed E-state index contributed by atoms with van der Waals surface area (Å²) in [7, 11) is 0. The van der Waals surface area contributed by atoms with Gasteiger partial charge in [0.2, 0.25) is 0 Å². The predicted molar refractivity (Wildman–Crippen MR) is 69.0 cm³/mol. The minimum Gasteiger partial charge on any atom is -0.440 e. The second-order valence-corrected chi connectivity index (χ2v) is 5.10. The molecule has 1 aromatic carbocycles. The van der Waals surface area contributed by atoms with Crippen LogP contribution in [0, 0.1) is 0 Å². The number of rotatable bonds is 5. The Morgan fingerprint density at radius 3 is 2.65 bits per heavy atom. The van der Waals surface area contributed by atoms with E-state index < -0.39 is 0 Å². The van der Waals surface area contributed by atoms with Crippen LogP contribution in [0.5, 0.6) is 0 Å². The maximum Gasteiger partial charge on any atom is 0.260 e. The van der Waals surface area contributed by atoms with E-state index in [-0.39, 0.29) is 0 Å². The van der Waals surface area contributed by atoms with Gasteiger partial charge in [-0.1, -0.05) is 26.0 Å². The molecule has 2 rings (SSSR count). The van der Waals surface area contributed by atoms with Crippen molar-refractivity contribution >= 4 is 11.8 Å². The summed E-state index contributed by atoms with van der Waals surface area (Å²) < 4.78 is 5.19. The Hall–Kier alpha value is -1.26. The van der Waals surface area contributed by atoms with Gasteiger partial charge in [-0.15, -0.1) is 0 Å². The second kappa shape index (κ2) is 5.89. The van der Waals surface area contributed by atoms with Crippen molar-refractivity contribution in [2.24, 2.45) is 0 Å². The lowest BCUT2D eigenvalue weighted by molar-refractivity contribution is 0.454. The zero-order chi connectivity index (χ0) is 12.1. The zero-order valence-electron chi connectivity index (χ0n) is 10.0. The van der Waals surface area contributed by atoms with Crippen LogP contribution in [0.1, 0.15) is 19.4 Å². The molecule has 2 aromatic rings. The maximum absolute atomic E-state index is 5.19. The highest BCUT2D eigenvalue weighted by Crippen LogP contribution is 2.25. The number of aromatic nitrogens is 1. The van der Waals surface area contributed by atoms with Crippen LogP contribution in [0.3, 0.4) is 0 Å². The van der Waals surface area contributed by atoms with Gasteiger partial charge in [-0.3, -0.25) is 0 Å². The van der Waals surface area contributed by atoms with E-state index >= 15 is 0 Å². The quantitative estimate of drug-likeness (QED) is 0.881. The summed E-state index contributed by atoms with van der Waals surface area (Å²) in [5.74, 6) is 0. The molecule has 0 bridgehead atoms. The van der Waals surface area contributed by atoms with E-state index in [1.165, 1.54) is 17.3 Å². The molecule has 0 aliphatic heterocycles. The molecule has 0 saturated heterocycles. The molecule has 4 heteroatoms. The topological polar surface area (TPSA) is 38.1 Å². The molecule has 1 heterocycles. The van der Waals surface area contributed by atoms with Gasteiger partial charge >= 0.3 is 0 Å². The third-order valence-corrected chi connectivity index (χ3v) is 3.14. The van der Waals surface area contributed by atoms with Crippen LogP contribution < -0.4 is 5.32 Å². The molecular weight excluding hydrogens is 232 g/mol. The van der Waals surface area contributed by atoms with Crippen LogP contribution in [0.25, 0.3) is 0 Å². The zero-order valence-corrected chi connectivity index (χ0v) is 10.8. The molecule has 0 atom stereocenters. The molecule has 0 fully saturated rings. The van der Waals surface area contributed by atoms with Gasteiger partial charge in [0.05, 0.1) is 6.20 Å². The van der Waals surface area contributed by atoms with Gasteiger partial charge in [-0.05, 0) is 29.5 Å². The molecular formula is C13H16N2OS. The van der Waals surface area contributed by atoms with Gasteiger partial charge in [0, 0.05) is 17.5 Å². The average molecular weight is 248 g/mol. The molecule has 0 saturated carbocycles. The van der Waals surface area contributed by atoms with Crippen LogP contribution in [0.15, 0.2) is 51.3 Å². The Labute approximate surface area is 106 Å². The van der Waals surface area contributed by atoms with Crippen LogP contribution in [0.4, 0.5) is 0 Å². The molecule has 0 spiro atoms. The Morgan fingerprint density at radius 1 is 1.29 bits per heavy atom. The van der Waals surface area contributed by atoms with Crippen molar-refractivity contribution in [1.29, 1.82) is 0 Å². The van der Waals surface area contributed by atoms with E-state index in [1.54, 1.807) is 12.5 Å². The smallest absolute Gasteiger partial charge is 0.260 e. The number of benzene rings is 1. The van der Waals surface area contributed by atoms with Crippen LogP contribution in [-0.2, 0) is 6.54 Å². The molecule has 0 aliphatic carbocycles. The molecule has 1 aromatic heterocycles. The van der Waals surface area contributed by atoms with E-state index in [0.29, 0.717) is 11.3 Å². The standard InChI is InChI=1S/C13H16N2OS/c1-10(2)15-9-11-3-5-12(6-4-11)17-13-14-7-8-16-13/h3-8,10,15H,9H2,1-2H3. The van der Waals surface area contributed by atoms with Crippen molar-refractivity contribution < 1.29 is 4.42 Å². The second-order valence-electron chi connectivity index (χ2n) is 4.08. The van der Waals surface area contributed by atoms with Crippen LogP contribution >= 0.6 is 11.8 Å². The monoisotopic (exact) mass is 248 g/mol. The molecule has 17 heavy (non-hydrogen) atoms. The normalized spacial score (nSPS) is 11.0. The third kappa shape index (κ3) is 3.91. The average Bonchev–Trinajstić information content (AvgIpc) is 2.81. The summed E-state index contributed by atoms with van der Waals surface area (Å²) in [5.41, 5.74) is 1.29. The summed E-state index contributed by atoms with van der Waals surface area (Å²) in [5, 5.41) is 4.07. The van der Waals surface area contributed by atoms with Crippen molar-refractivity contribution in [2.75, 3.05) is 0 Å². The van der Waals surface area contributed by atoms with Gasteiger partial charge < -0.3 is 9.73 Å². The highest BCUT2D eigenvalue weighted by atomic mass is 32.2. The highest BCUT2D eigenvalue weighted by molar-refractivity contribution is 7.99. The Kier molecular flexibility index (Phi) is 4.23. The van der Waals surface area contributed by atoms with Crippen LogP contribution in [-0.4, -0.2) is 11.0 Å². The third-order valence-electron chi connectivity index (χ3n) is 2.25. The first-order chi connectivity index (χ1) is 8.24. The van der Waals surface area contributed by atoms with Crippen molar-refractivity contribution in [3.05, 3.63) is 42.3 Å². The minimum atomic E-state index is 0.511. The largest absolute Gasteiger partial charge is 0.440 e. The van der Waals surface area contributed by atoms with Crippen molar-refractivity contribution in [3.63, 3.8) is 0 Å². The molecule has 1 N–H and O–H groups in total. The molecule has 3 nitrogen and oxygen atoms in total. The summed E-state index contributed by atoms with van der Waals surface area (Å²) >= 11 is 1.53. The Balaban J connectivity index is 1.93. The molecule has 0 unspecified atom stereocenters. The molecule has 0 amide bonds. The first-order valence-electron chi connectivity index (χ1n) is 5.64. The Bertz CT molecular complexity index is 437. The van der Waals surface area contributed by atoms with E-state index in [2.05, 4.69) is 48.4 Å². The van der Waals surface area contributed by atoms with Crippen LogP contribution in [0.2, 0.25) is 0 Å². The first-order valence-corrected chi connectivity index (χ1v) is 6.45. The van der Waals surface area contributed by atoms with E-state index in [9.17, 15) is 0 Å². The van der Waals surface area contributed by atoms with Crippen molar-refractivity contribution in [1.82, 2.24) is 10.3 Å². The van der Waals surface area contributed by atoms with Gasteiger partial charge in [0.15, 0.2) is 0 Å². The number of nitrogens with zero attached hydrogens (tertiary/aromatic N) is 1. The Morgan fingerprint density at radius 2 is 2.06 bits per heavy atom. The summed E-state index contributed by atoms with van der Waals surface area (Å²) in [6.07, 6.45) is 3.24. The summed E-state index contributed by atoms with van der Waals surface area (Å²) in [6.45, 7) is 5.20. The van der Waals surface area contributed by atoms with Gasteiger partial charge in [-0.25, -0.2) is 4.98 Å². The van der Waals surface area contributed by atoms with E-state index in [0.717, 1.165) is 11.4 Å². The van der Waals surface area contributed by atoms with Crippen molar-refractivity contribution in [2.45, 2.75) is 36.6 Å². The van der Waals surface area contributed by atoms with Crippen molar-refractivity contribution in [3.8, 4) is 0 Å². The molecule has 90 valence electrons. The fraction of sp³-hybridized carbons (Fsp3) is 0.308. The number of nitrogens with one attached hydrogen (secondary N) is 1. The van der Waals surface area contributed by atoms with Gasteiger partial charge in [0.1, 0.15) is 6.26 Å².